The fourth-order valence-electron chi connectivity index (χ4n) is 0.734. The predicted octanol–water partition coefficient (Wildman–Crippen LogP) is -2.05. The molecule has 0 aromatic rings. The second-order valence-corrected chi connectivity index (χ2v) is 2.20. The lowest BCUT2D eigenvalue weighted by molar-refractivity contribution is -0.191. The van der Waals surface area contributed by atoms with Crippen molar-refractivity contribution in [3.8, 4) is 0 Å². The smallest absolute Gasteiger partial charge is 0.370 e. The molecule has 0 radical (unpaired) electrons. The summed E-state index contributed by atoms with van der Waals surface area (Å²) in [7, 11) is 0. The van der Waals surface area contributed by atoms with E-state index in [2.05, 4.69) is 10.3 Å². The molecule has 1 amide bonds. The zero-order valence-corrected chi connectivity index (χ0v) is 6.90. The third kappa shape index (κ3) is 2.66. The number of hydrogen-bond donors (Lipinski definition) is 3. The van der Waals surface area contributed by atoms with Crippen molar-refractivity contribution in [3.63, 3.8) is 0 Å². The maximum atomic E-state index is 10.8. The Morgan fingerprint density at radius 1 is 1.69 bits per heavy atom. The lowest BCUT2D eigenvalue weighted by Gasteiger charge is -2.11. The van der Waals surface area contributed by atoms with Crippen LogP contribution in [0.5, 0.6) is 0 Å². The third-order valence-corrected chi connectivity index (χ3v) is 1.40. The molecule has 0 aromatic heterocycles. The Hall–Kier alpha value is -1.72. The SMILES string of the molecule is CCC1(O)N=C(N)NC1=O.O=C=O. The van der Waals surface area contributed by atoms with Gasteiger partial charge in [0.2, 0.25) is 5.72 Å². The highest BCUT2D eigenvalue weighted by molar-refractivity contribution is 6.05. The van der Waals surface area contributed by atoms with Gasteiger partial charge < -0.3 is 10.8 Å². The van der Waals surface area contributed by atoms with Gasteiger partial charge in [0.25, 0.3) is 5.91 Å². The maximum absolute atomic E-state index is 10.8. The van der Waals surface area contributed by atoms with E-state index in [1.807, 2.05) is 0 Å². The zero-order chi connectivity index (χ0) is 10.5. The first-order chi connectivity index (χ1) is 6.00. The molecule has 1 heterocycles. The van der Waals surface area contributed by atoms with Gasteiger partial charge in [-0.2, -0.15) is 9.59 Å². The standard InChI is InChI=1S/C5H9N3O2.CO2/c1-2-5(10)3(9)7-4(6)8-5;2-1-3/h10H,2H2,1H3,(H3,6,7,8,9);. The van der Waals surface area contributed by atoms with E-state index in [-0.39, 0.29) is 18.5 Å². The van der Waals surface area contributed by atoms with Crippen molar-refractivity contribution >= 4 is 18.0 Å². The highest BCUT2D eigenvalue weighted by atomic mass is 16.3. The molecule has 7 nitrogen and oxygen atoms in total. The van der Waals surface area contributed by atoms with Gasteiger partial charge >= 0.3 is 6.15 Å². The maximum Gasteiger partial charge on any atom is 0.373 e. The van der Waals surface area contributed by atoms with Crippen LogP contribution in [0.1, 0.15) is 13.3 Å². The molecule has 13 heavy (non-hydrogen) atoms. The molecule has 4 N–H and O–H groups in total. The molecule has 0 aromatic carbocycles. The highest BCUT2D eigenvalue weighted by Gasteiger charge is 2.38. The number of carbonyl (C=O) groups excluding carboxylic acids is 3. The normalized spacial score (nSPS) is 25.1. The van der Waals surface area contributed by atoms with Gasteiger partial charge in [0.15, 0.2) is 5.96 Å². The molecule has 0 fully saturated rings. The number of aliphatic hydroxyl groups is 1. The van der Waals surface area contributed by atoms with Crippen LogP contribution in [0, 0.1) is 0 Å². The molecule has 7 heteroatoms. The molecule has 1 atom stereocenters. The first kappa shape index (κ1) is 11.3. The van der Waals surface area contributed by atoms with Gasteiger partial charge in [0, 0.05) is 6.42 Å². The lowest BCUT2D eigenvalue weighted by Crippen LogP contribution is -2.40. The van der Waals surface area contributed by atoms with Crippen molar-refractivity contribution in [1.82, 2.24) is 5.32 Å². The van der Waals surface area contributed by atoms with E-state index in [1.165, 1.54) is 0 Å². The Morgan fingerprint density at radius 3 is 2.31 bits per heavy atom. The molecule has 0 aliphatic carbocycles. The van der Waals surface area contributed by atoms with Crippen molar-refractivity contribution in [2.24, 2.45) is 10.7 Å². The summed E-state index contributed by atoms with van der Waals surface area (Å²) in [6.45, 7) is 1.65. The van der Waals surface area contributed by atoms with Crippen LogP contribution >= 0.6 is 0 Å². The van der Waals surface area contributed by atoms with Crippen LogP contribution in [0.3, 0.4) is 0 Å². The van der Waals surface area contributed by atoms with E-state index in [4.69, 9.17) is 15.3 Å². The van der Waals surface area contributed by atoms with E-state index < -0.39 is 11.6 Å². The van der Waals surface area contributed by atoms with Crippen LogP contribution in [-0.4, -0.2) is 28.8 Å². The molecule has 0 bridgehead atoms. The summed E-state index contributed by atoms with van der Waals surface area (Å²) in [5, 5.41) is 11.5. The van der Waals surface area contributed by atoms with E-state index in [1.54, 1.807) is 6.92 Å². The topological polar surface area (TPSA) is 122 Å². The Morgan fingerprint density at radius 2 is 2.15 bits per heavy atom. The Balaban J connectivity index is 0.000000424. The fourth-order valence-corrected chi connectivity index (χ4v) is 0.734. The van der Waals surface area contributed by atoms with Gasteiger partial charge in [-0.05, 0) is 0 Å². The summed E-state index contributed by atoms with van der Waals surface area (Å²) in [6.07, 6.45) is 0.486. The van der Waals surface area contributed by atoms with Crippen LogP contribution in [0.2, 0.25) is 0 Å². The minimum Gasteiger partial charge on any atom is -0.370 e. The number of rotatable bonds is 1. The number of guanidine groups is 1. The molecule has 0 spiro atoms. The molecular weight excluding hydrogens is 178 g/mol. The van der Waals surface area contributed by atoms with Crippen molar-refractivity contribution in [1.29, 1.82) is 0 Å². The quantitative estimate of drug-likeness (QED) is 0.436. The largest absolute Gasteiger partial charge is 0.373 e. The van der Waals surface area contributed by atoms with Crippen molar-refractivity contribution in [3.05, 3.63) is 0 Å². The number of amides is 1. The van der Waals surface area contributed by atoms with Gasteiger partial charge in [-0.15, -0.1) is 0 Å². The average molecular weight is 187 g/mol. The van der Waals surface area contributed by atoms with Crippen molar-refractivity contribution in [2.75, 3.05) is 0 Å². The number of nitrogens with one attached hydrogen (secondary N) is 1. The van der Waals surface area contributed by atoms with Gasteiger partial charge in [-0.25, -0.2) is 4.99 Å². The second-order valence-electron chi connectivity index (χ2n) is 2.20. The number of hydrogen-bond acceptors (Lipinski definition) is 6. The zero-order valence-electron chi connectivity index (χ0n) is 6.90. The Labute approximate surface area is 73.6 Å². The summed E-state index contributed by atoms with van der Waals surface area (Å²) >= 11 is 0. The average Bonchev–Trinajstić information content (AvgIpc) is 2.29. The minimum absolute atomic E-state index is 0.0191. The fraction of sp³-hybridized carbons (Fsp3) is 0.500. The molecule has 1 rings (SSSR count). The van der Waals surface area contributed by atoms with Crippen LogP contribution < -0.4 is 11.1 Å². The highest BCUT2D eigenvalue weighted by Crippen LogP contribution is 2.14. The first-order valence-electron chi connectivity index (χ1n) is 3.38. The molecule has 0 saturated carbocycles. The van der Waals surface area contributed by atoms with Gasteiger partial charge in [-0.1, -0.05) is 6.92 Å². The molecule has 1 aliphatic rings. The number of nitrogens with two attached hydrogens (primary N) is 1. The lowest BCUT2D eigenvalue weighted by atomic mass is 10.2. The summed E-state index contributed by atoms with van der Waals surface area (Å²) < 4.78 is 0. The first-order valence-corrected chi connectivity index (χ1v) is 3.38. The molecule has 0 saturated heterocycles. The van der Waals surface area contributed by atoms with E-state index >= 15 is 0 Å². The summed E-state index contributed by atoms with van der Waals surface area (Å²) in [6, 6.07) is 0. The van der Waals surface area contributed by atoms with Crippen LogP contribution in [0.15, 0.2) is 4.99 Å². The van der Waals surface area contributed by atoms with Crippen LogP contribution in [0.4, 0.5) is 0 Å². The Kier molecular flexibility index (Phi) is 3.77. The summed E-state index contributed by atoms with van der Waals surface area (Å²) in [5.74, 6) is -0.568. The van der Waals surface area contributed by atoms with Crippen molar-refractivity contribution in [2.45, 2.75) is 19.1 Å². The third-order valence-electron chi connectivity index (χ3n) is 1.40. The van der Waals surface area contributed by atoms with E-state index in [0.717, 1.165) is 0 Å². The Bertz CT molecular complexity index is 269. The van der Waals surface area contributed by atoms with E-state index in [0.29, 0.717) is 0 Å². The van der Waals surface area contributed by atoms with Gasteiger partial charge in [-0.3, -0.25) is 10.1 Å². The minimum atomic E-state index is -1.62. The monoisotopic (exact) mass is 187 g/mol. The van der Waals surface area contributed by atoms with Crippen molar-refractivity contribution < 1.29 is 19.5 Å². The molecule has 72 valence electrons. The molecule has 1 aliphatic heterocycles. The van der Waals surface area contributed by atoms with Crippen LogP contribution in [0.25, 0.3) is 0 Å². The second kappa shape index (κ2) is 4.34. The van der Waals surface area contributed by atoms with Gasteiger partial charge in [0.05, 0.1) is 0 Å². The van der Waals surface area contributed by atoms with Gasteiger partial charge in [0.1, 0.15) is 0 Å². The molecular formula is C6H9N3O4. The summed E-state index contributed by atoms with van der Waals surface area (Å²) in [5.41, 5.74) is 3.51. The predicted molar refractivity (Wildman–Crippen MR) is 40.0 cm³/mol. The number of aliphatic imine (C=N–C) groups is 1. The summed E-state index contributed by atoms with van der Waals surface area (Å²) in [4.78, 5) is 30.5. The molecule has 1 unspecified atom stereocenters. The number of carbonyl (C=O) groups is 1. The van der Waals surface area contributed by atoms with E-state index in [9.17, 15) is 9.90 Å². The van der Waals surface area contributed by atoms with Crippen LogP contribution in [-0.2, 0) is 14.4 Å². The number of nitrogens with zero attached hydrogens (tertiary/aromatic N) is 1.